The Morgan fingerprint density at radius 3 is 2.45 bits per heavy atom. The fourth-order valence-corrected chi connectivity index (χ4v) is 4.33. The molecule has 2 unspecified atom stereocenters. The first-order valence-corrected chi connectivity index (χ1v) is 8.18. The van der Waals surface area contributed by atoms with Crippen LogP contribution < -0.4 is 5.32 Å². The van der Waals surface area contributed by atoms with Crippen LogP contribution in [0.25, 0.3) is 0 Å². The first-order valence-electron chi connectivity index (χ1n) is 8.18. The van der Waals surface area contributed by atoms with Crippen LogP contribution in [0.15, 0.2) is 0 Å². The summed E-state index contributed by atoms with van der Waals surface area (Å²) in [6.45, 7) is 12.5. The first kappa shape index (κ1) is 16.0. The molecule has 2 atom stereocenters. The molecule has 0 spiro atoms. The van der Waals surface area contributed by atoms with E-state index in [4.69, 9.17) is 4.74 Å². The summed E-state index contributed by atoms with van der Waals surface area (Å²) in [5.41, 5.74) is -0.670. The van der Waals surface area contributed by atoms with Gasteiger partial charge < -0.3 is 10.1 Å². The van der Waals surface area contributed by atoms with Crippen LogP contribution >= 0.6 is 0 Å². The van der Waals surface area contributed by atoms with Crippen molar-refractivity contribution < 1.29 is 9.53 Å². The average molecular weight is 281 g/mol. The summed E-state index contributed by atoms with van der Waals surface area (Å²) >= 11 is 0. The van der Waals surface area contributed by atoms with Gasteiger partial charge in [-0.05, 0) is 59.9 Å². The lowest BCUT2D eigenvalue weighted by Gasteiger charge is -2.40. The number of carbonyl (C=O) groups is 1. The minimum atomic E-state index is -0.335. The minimum absolute atomic E-state index is 0.0314. The van der Waals surface area contributed by atoms with Crippen molar-refractivity contribution in [1.29, 1.82) is 0 Å². The first-order chi connectivity index (χ1) is 9.22. The zero-order valence-corrected chi connectivity index (χ0v) is 13.8. The van der Waals surface area contributed by atoms with Crippen molar-refractivity contribution in [3.05, 3.63) is 0 Å². The van der Waals surface area contributed by atoms with E-state index in [9.17, 15) is 4.79 Å². The summed E-state index contributed by atoms with van der Waals surface area (Å²) in [4.78, 5) is 13.3. The van der Waals surface area contributed by atoms with E-state index in [2.05, 4.69) is 39.9 Å². The van der Waals surface area contributed by atoms with Crippen LogP contribution in [0.4, 0.5) is 0 Å². The zero-order valence-electron chi connectivity index (χ0n) is 13.8. The van der Waals surface area contributed by atoms with Gasteiger partial charge in [-0.3, -0.25) is 4.79 Å². The topological polar surface area (TPSA) is 38.3 Å². The number of nitrogens with one attached hydrogen (secondary N) is 1. The Labute approximate surface area is 123 Å². The van der Waals surface area contributed by atoms with Gasteiger partial charge in [-0.2, -0.15) is 0 Å². The predicted molar refractivity (Wildman–Crippen MR) is 81.8 cm³/mol. The fourth-order valence-electron chi connectivity index (χ4n) is 4.33. The molecule has 2 saturated heterocycles. The van der Waals surface area contributed by atoms with Gasteiger partial charge >= 0.3 is 0 Å². The largest absolute Gasteiger partial charge is 0.369 e. The highest BCUT2D eigenvalue weighted by Gasteiger charge is 2.54. The van der Waals surface area contributed by atoms with E-state index in [1.165, 1.54) is 0 Å². The number of rotatable bonds is 4. The van der Waals surface area contributed by atoms with Crippen molar-refractivity contribution in [2.75, 3.05) is 13.1 Å². The van der Waals surface area contributed by atoms with E-state index >= 15 is 0 Å². The Bertz CT molecular complexity index is 362. The quantitative estimate of drug-likeness (QED) is 0.859. The van der Waals surface area contributed by atoms with Crippen LogP contribution in [0.3, 0.4) is 0 Å². The van der Waals surface area contributed by atoms with E-state index in [-0.39, 0.29) is 22.5 Å². The molecule has 116 valence electrons. The van der Waals surface area contributed by atoms with Crippen LogP contribution in [-0.2, 0) is 9.53 Å². The van der Waals surface area contributed by atoms with Gasteiger partial charge in [-0.1, -0.05) is 13.3 Å². The number of ether oxygens (including phenoxy) is 1. The number of carbonyl (C=O) groups excluding carboxylic acids is 1. The van der Waals surface area contributed by atoms with Gasteiger partial charge in [-0.25, -0.2) is 0 Å². The maximum absolute atomic E-state index is 13.3. The van der Waals surface area contributed by atoms with Gasteiger partial charge in [0.1, 0.15) is 5.78 Å². The lowest BCUT2D eigenvalue weighted by Crippen LogP contribution is -2.50. The third kappa shape index (κ3) is 2.94. The van der Waals surface area contributed by atoms with Crippen LogP contribution in [0, 0.1) is 11.3 Å². The molecule has 2 rings (SSSR count). The molecular formula is C17H31NO2. The Morgan fingerprint density at radius 2 is 2.00 bits per heavy atom. The normalized spacial score (nSPS) is 36.0. The van der Waals surface area contributed by atoms with Crippen molar-refractivity contribution in [2.24, 2.45) is 11.3 Å². The second-order valence-electron chi connectivity index (χ2n) is 7.90. The summed E-state index contributed by atoms with van der Waals surface area (Å²) in [6.07, 6.45) is 5.09. The van der Waals surface area contributed by atoms with E-state index in [0.29, 0.717) is 5.78 Å². The van der Waals surface area contributed by atoms with Crippen LogP contribution in [0.5, 0.6) is 0 Å². The van der Waals surface area contributed by atoms with Gasteiger partial charge in [-0.15, -0.1) is 0 Å². The number of hydrogen-bond acceptors (Lipinski definition) is 3. The van der Waals surface area contributed by atoms with E-state index in [1.54, 1.807) is 0 Å². The molecule has 0 aromatic heterocycles. The molecule has 0 bridgehead atoms. The maximum atomic E-state index is 13.3. The Kier molecular flexibility index (Phi) is 4.32. The SMILES string of the molecule is CCCC1(C(=O)C2CC(C)(C)OC2(C)C)CCCNC1. The third-order valence-corrected chi connectivity index (χ3v) is 5.11. The maximum Gasteiger partial charge on any atom is 0.146 e. The molecule has 2 aliphatic rings. The van der Waals surface area contributed by atoms with Crippen molar-refractivity contribution in [2.45, 2.75) is 77.9 Å². The standard InChI is InChI=1S/C17H31NO2/c1-6-8-17(9-7-10-18-12-17)14(19)13-11-15(2,3)20-16(13,4)5/h13,18H,6-12H2,1-5H3. The molecule has 0 radical (unpaired) electrons. The molecule has 0 aromatic carbocycles. The molecule has 1 N–H and O–H groups in total. The Morgan fingerprint density at radius 1 is 1.30 bits per heavy atom. The number of ketones is 1. The van der Waals surface area contributed by atoms with Crippen molar-refractivity contribution in [3.63, 3.8) is 0 Å². The summed E-state index contributed by atoms with van der Waals surface area (Å²) < 4.78 is 6.14. The van der Waals surface area contributed by atoms with Crippen LogP contribution in [-0.4, -0.2) is 30.1 Å². The van der Waals surface area contributed by atoms with E-state index in [0.717, 1.165) is 45.2 Å². The molecular weight excluding hydrogens is 250 g/mol. The van der Waals surface area contributed by atoms with Gasteiger partial charge in [0.25, 0.3) is 0 Å². The monoisotopic (exact) mass is 281 g/mol. The van der Waals surface area contributed by atoms with Crippen molar-refractivity contribution >= 4 is 5.78 Å². The van der Waals surface area contributed by atoms with Crippen molar-refractivity contribution in [1.82, 2.24) is 5.32 Å². The number of Topliss-reactive ketones (excluding diaryl/α,β-unsaturated/α-hetero) is 1. The molecule has 2 aliphatic heterocycles. The molecule has 0 aromatic rings. The number of piperidine rings is 1. The fraction of sp³-hybridized carbons (Fsp3) is 0.941. The molecule has 0 saturated carbocycles. The average Bonchev–Trinajstić information content (AvgIpc) is 2.58. The molecule has 3 heteroatoms. The van der Waals surface area contributed by atoms with Crippen LogP contribution in [0.1, 0.15) is 66.7 Å². The highest BCUT2D eigenvalue weighted by molar-refractivity contribution is 5.88. The summed E-state index contributed by atoms with van der Waals surface area (Å²) in [7, 11) is 0. The highest BCUT2D eigenvalue weighted by Crippen LogP contribution is 2.47. The third-order valence-electron chi connectivity index (χ3n) is 5.11. The Balaban J connectivity index is 2.23. The predicted octanol–water partition coefficient (Wildman–Crippen LogP) is 3.32. The molecule has 0 amide bonds. The molecule has 2 fully saturated rings. The van der Waals surface area contributed by atoms with Gasteiger partial charge in [0.15, 0.2) is 0 Å². The lowest BCUT2D eigenvalue weighted by atomic mass is 9.66. The minimum Gasteiger partial charge on any atom is -0.369 e. The summed E-state index contributed by atoms with van der Waals surface area (Å²) in [5, 5.41) is 3.45. The lowest BCUT2D eigenvalue weighted by molar-refractivity contribution is -0.141. The van der Waals surface area contributed by atoms with Crippen molar-refractivity contribution in [3.8, 4) is 0 Å². The summed E-state index contributed by atoms with van der Waals surface area (Å²) in [5.74, 6) is 0.478. The number of hydrogen-bond donors (Lipinski definition) is 1. The van der Waals surface area contributed by atoms with Crippen LogP contribution in [0.2, 0.25) is 0 Å². The molecule has 2 heterocycles. The second-order valence-corrected chi connectivity index (χ2v) is 7.90. The smallest absolute Gasteiger partial charge is 0.146 e. The van der Waals surface area contributed by atoms with Gasteiger partial charge in [0.05, 0.1) is 11.2 Å². The molecule has 0 aliphatic carbocycles. The Hall–Kier alpha value is -0.410. The zero-order chi connectivity index (χ0) is 15.0. The van der Waals surface area contributed by atoms with Gasteiger partial charge in [0, 0.05) is 17.9 Å². The van der Waals surface area contributed by atoms with Gasteiger partial charge in [0.2, 0.25) is 0 Å². The highest BCUT2D eigenvalue weighted by atomic mass is 16.5. The second kappa shape index (κ2) is 5.42. The van der Waals surface area contributed by atoms with E-state index in [1.807, 2.05) is 0 Å². The molecule has 3 nitrogen and oxygen atoms in total. The summed E-state index contributed by atoms with van der Waals surface area (Å²) in [6, 6.07) is 0. The molecule has 20 heavy (non-hydrogen) atoms. The van der Waals surface area contributed by atoms with E-state index < -0.39 is 0 Å².